The summed E-state index contributed by atoms with van der Waals surface area (Å²) in [5, 5.41) is 0. The Morgan fingerprint density at radius 3 is 2.39 bits per heavy atom. The Labute approximate surface area is 148 Å². The third kappa shape index (κ3) is 5.66. The van der Waals surface area contributed by atoms with Crippen LogP contribution in [0.5, 0.6) is 11.5 Å². The van der Waals surface area contributed by atoms with Gasteiger partial charge in [-0.1, -0.05) is 0 Å². The van der Waals surface area contributed by atoms with E-state index in [1.54, 1.807) is 0 Å². The second kappa shape index (κ2) is 9.50. The molecule has 0 bridgehead atoms. The average Bonchev–Trinajstić information content (AvgIpc) is 2.53. The number of hydrogen-bond donors (Lipinski definition) is 0. The van der Waals surface area contributed by atoms with E-state index in [0.717, 1.165) is 22.4 Å². The van der Waals surface area contributed by atoms with Crippen LogP contribution in [-0.2, 0) is 6.42 Å². The predicted octanol–water partition coefficient (Wildman–Crippen LogP) is 3.43. The van der Waals surface area contributed by atoms with Crippen LogP contribution in [0, 0.1) is 0 Å². The Bertz CT molecular complexity index is 488. The number of benzene rings is 1. The summed E-state index contributed by atoms with van der Waals surface area (Å²) in [5.74, 6) is 1.66. The molecule has 2 rings (SSSR count). The van der Waals surface area contributed by atoms with Gasteiger partial charge in [-0.25, -0.2) is 0 Å². The molecule has 1 aromatic rings. The van der Waals surface area contributed by atoms with E-state index in [1.807, 2.05) is 13.8 Å². The summed E-state index contributed by atoms with van der Waals surface area (Å²) in [5.41, 5.74) is 1.30. The first-order valence-corrected chi connectivity index (χ1v) is 9.42. The molecule has 0 aromatic heterocycles. The van der Waals surface area contributed by atoms with Gasteiger partial charge in [0.15, 0.2) is 11.5 Å². The van der Waals surface area contributed by atoms with Crippen molar-refractivity contribution in [1.82, 2.24) is 9.80 Å². The highest BCUT2D eigenvalue weighted by molar-refractivity contribution is 9.10. The van der Waals surface area contributed by atoms with Gasteiger partial charge in [-0.05, 0) is 73.9 Å². The lowest BCUT2D eigenvalue weighted by Gasteiger charge is -2.32. The first-order chi connectivity index (χ1) is 11.1. The number of aryl methyl sites for hydroxylation is 1. The fourth-order valence-electron chi connectivity index (χ4n) is 2.89. The first-order valence-electron chi connectivity index (χ1n) is 8.63. The van der Waals surface area contributed by atoms with Crippen molar-refractivity contribution in [2.75, 3.05) is 53.0 Å². The molecule has 1 heterocycles. The Morgan fingerprint density at radius 2 is 1.74 bits per heavy atom. The van der Waals surface area contributed by atoms with Crippen molar-refractivity contribution in [1.29, 1.82) is 0 Å². The molecule has 0 aliphatic carbocycles. The van der Waals surface area contributed by atoms with Gasteiger partial charge in [0.25, 0.3) is 0 Å². The molecule has 0 radical (unpaired) electrons. The number of ether oxygens (including phenoxy) is 2. The molecule has 1 saturated heterocycles. The maximum absolute atomic E-state index is 5.75. The lowest BCUT2D eigenvalue weighted by atomic mass is 10.1. The molecular weight excluding hydrogens is 356 g/mol. The van der Waals surface area contributed by atoms with Crippen LogP contribution in [0.1, 0.15) is 25.8 Å². The van der Waals surface area contributed by atoms with Gasteiger partial charge in [-0.3, -0.25) is 0 Å². The summed E-state index contributed by atoms with van der Waals surface area (Å²) in [7, 11) is 2.20. The standard InChI is InChI=1S/C18H29BrN2O2/c1-4-22-17-14-15(13-16(19)18(17)23-5-2)7-6-8-21-11-9-20(3)10-12-21/h13-14H,4-12H2,1-3H3. The number of likely N-dealkylation sites (N-methyl/N-ethyl adjacent to an activating group) is 1. The van der Waals surface area contributed by atoms with Crippen LogP contribution < -0.4 is 9.47 Å². The summed E-state index contributed by atoms with van der Waals surface area (Å²) < 4.78 is 12.4. The number of hydrogen-bond acceptors (Lipinski definition) is 4. The molecule has 130 valence electrons. The molecule has 5 heteroatoms. The number of nitrogens with zero attached hydrogens (tertiary/aromatic N) is 2. The number of piperazine rings is 1. The van der Waals surface area contributed by atoms with Gasteiger partial charge in [0.1, 0.15) is 0 Å². The quantitative estimate of drug-likeness (QED) is 0.685. The van der Waals surface area contributed by atoms with Crippen molar-refractivity contribution < 1.29 is 9.47 Å². The van der Waals surface area contributed by atoms with Crippen LogP contribution >= 0.6 is 15.9 Å². The molecule has 0 saturated carbocycles. The van der Waals surface area contributed by atoms with E-state index < -0.39 is 0 Å². The number of halogens is 1. The monoisotopic (exact) mass is 384 g/mol. The molecule has 1 fully saturated rings. The van der Waals surface area contributed by atoms with Crippen LogP contribution in [0.2, 0.25) is 0 Å². The van der Waals surface area contributed by atoms with Crippen molar-refractivity contribution in [2.45, 2.75) is 26.7 Å². The highest BCUT2D eigenvalue weighted by atomic mass is 79.9. The Balaban J connectivity index is 1.91. The molecule has 1 aromatic carbocycles. The Morgan fingerprint density at radius 1 is 1.04 bits per heavy atom. The van der Waals surface area contributed by atoms with Gasteiger partial charge in [-0.15, -0.1) is 0 Å². The highest BCUT2D eigenvalue weighted by Crippen LogP contribution is 2.37. The van der Waals surface area contributed by atoms with Gasteiger partial charge in [0, 0.05) is 26.2 Å². The zero-order chi connectivity index (χ0) is 16.7. The molecule has 0 spiro atoms. The fourth-order valence-corrected chi connectivity index (χ4v) is 3.50. The second-order valence-corrected chi connectivity index (χ2v) is 6.87. The minimum atomic E-state index is 0.640. The zero-order valence-electron chi connectivity index (χ0n) is 14.6. The van der Waals surface area contributed by atoms with Crippen molar-refractivity contribution >= 4 is 15.9 Å². The van der Waals surface area contributed by atoms with E-state index in [1.165, 1.54) is 44.7 Å². The predicted molar refractivity (Wildman–Crippen MR) is 98.7 cm³/mol. The van der Waals surface area contributed by atoms with E-state index >= 15 is 0 Å². The maximum Gasteiger partial charge on any atom is 0.175 e. The Hall–Kier alpha value is -0.780. The summed E-state index contributed by atoms with van der Waals surface area (Å²) >= 11 is 3.62. The third-order valence-electron chi connectivity index (χ3n) is 4.19. The van der Waals surface area contributed by atoms with Crippen molar-refractivity contribution in [3.63, 3.8) is 0 Å². The minimum absolute atomic E-state index is 0.640. The largest absolute Gasteiger partial charge is 0.490 e. The van der Waals surface area contributed by atoms with E-state index in [9.17, 15) is 0 Å². The SMILES string of the molecule is CCOc1cc(CCCN2CCN(C)CC2)cc(Br)c1OCC. The second-order valence-electron chi connectivity index (χ2n) is 6.02. The van der Waals surface area contributed by atoms with Crippen molar-refractivity contribution in [3.05, 3.63) is 22.2 Å². The van der Waals surface area contributed by atoms with Crippen LogP contribution in [0.25, 0.3) is 0 Å². The van der Waals surface area contributed by atoms with E-state index in [0.29, 0.717) is 13.2 Å². The number of rotatable bonds is 8. The van der Waals surface area contributed by atoms with Crippen LogP contribution in [-0.4, -0.2) is 62.8 Å². The molecule has 0 unspecified atom stereocenters. The van der Waals surface area contributed by atoms with Gasteiger partial charge < -0.3 is 19.3 Å². The first kappa shape index (κ1) is 18.6. The van der Waals surface area contributed by atoms with Gasteiger partial charge in [-0.2, -0.15) is 0 Å². The molecule has 1 aliphatic heterocycles. The summed E-state index contributed by atoms with van der Waals surface area (Å²) in [6.07, 6.45) is 2.24. The topological polar surface area (TPSA) is 24.9 Å². The summed E-state index contributed by atoms with van der Waals surface area (Å²) in [6.45, 7) is 11.2. The van der Waals surface area contributed by atoms with Crippen LogP contribution in [0.4, 0.5) is 0 Å². The minimum Gasteiger partial charge on any atom is -0.490 e. The van der Waals surface area contributed by atoms with Gasteiger partial charge in [0.05, 0.1) is 17.7 Å². The molecule has 0 N–H and O–H groups in total. The third-order valence-corrected chi connectivity index (χ3v) is 4.78. The van der Waals surface area contributed by atoms with Crippen LogP contribution in [0.3, 0.4) is 0 Å². The van der Waals surface area contributed by atoms with E-state index in [-0.39, 0.29) is 0 Å². The lowest BCUT2D eigenvalue weighted by molar-refractivity contribution is 0.153. The van der Waals surface area contributed by atoms with Gasteiger partial charge >= 0.3 is 0 Å². The summed E-state index contributed by atoms with van der Waals surface area (Å²) in [6, 6.07) is 4.29. The molecule has 4 nitrogen and oxygen atoms in total. The maximum atomic E-state index is 5.75. The molecular formula is C18H29BrN2O2. The Kier molecular flexibility index (Phi) is 7.66. The molecule has 0 atom stereocenters. The van der Waals surface area contributed by atoms with Crippen molar-refractivity contribution in [2.24, 2.45) is 0 Å². The zero-order valence-corrected chi connectivity index (χ0v) is 16.2. The van der Waals surface area contributed by atoms with E-state index in [2.05, 4.69) is 44.9 Å². The molecule has 0 amide bonds. The molecule has 23 heavy (non-hydrogen) atoms. The average molecular weight is 385 g/mol. The summed E-state index contributed by atoms with van der Waals surface area (Å²) in [4.78, 5) is 4.96. The lowest BCUT2D eigenvalue weighted by Crippen LogP contribution is -2.44. The smallest absolute Gasteiger partial charge is 0.175 e. The fraction of sp³-hybridized carbons (Fsp3) is 0.667. The molecule has 1 aliphatic rings. The highest BCUT2D eigenvalue weighted by Gasteiger charge is 2.14. The van der Waals surface area contributed by atoms with E-state index in [4.69, 9.17) is 9.47 Å². The normalized spacial score (nSPS) is 16.5. The van der Waals surface area contributed by atoms with Crippen LogP contribution in [0.15, 0.2) is 16.6 Å². The van der Waals surface area contributed by atoms with Crippen molar-refractivity contribution in [3.8, 4) is 11.5 Å². The van der Waals surface area contributed by atoms with Gasteiger partial charge in [0.2, 0.25) is 0 Å².